The van der Waals surface area contributed by atoms with E-state index in [1.807, 2.05) is 12.1 Å². The lowest BCUT2D eigenvalue weighted by Crippen LogP contribution is -2.31. The molecule has 1 saturated heterocycles. The Morgan fingerprint density at radius 2 is 1.89 bits per heavy atom. The summed E-state index contributed by atoms with van der Waals surface area (Å²) in [5.74, 6) is 1.47. The van der Waals surface area contributed by atoms with Crippen LogP contribution >= 0.6 is 0 Å². The van der Waals surface area contributed by atoms with Gasteiger partial charge in [0.25, 0.3) is 0 Å². The second-order valence-electron chi connectivity index (χ2n) is 5.40. The molecule has 1 heterocycles. The predicted octanol–water partition coefficient (Wildman–Crippen LogP) is 2.47. The molecule has 0 bridgehead atoms. The van der Waals surface area contributed by atoms with Crippen molar-refractivity contribution in [3.05, 3.63) is 29.8 Å². The molecule has 96 valence electrons. The number of amides is 1. The molecule has 3 heteroatoms. The summed E-state index contributed by atoms with van der Waals surface area (Å²) in [6.45, 7) is 0.783. The smallest absolute Gasteiger partial charge is 0.226 e. The van der Waals surface area contributed by atoms with Crippen LogP contribution in [0, 0.1) is 5.41 Å². The highest BCUT2D eigenvalue weighted by atomic mass is 16.5. The number of nitrogens with one attached hydrogen (secondary N) is 1. The first-order chi connectivity index (χ1) is 8.76. The van der Waals surface area contributed by atoms with Gasteiger partial charge in [-0.3, -0.25) is 4.79 Å². The predicted molar refractivity (Wildman–Crippen MR) is 69.6 cm³/mol. The highest BCUT2D eigenvalue weighted by molar-refractivity contribution is 5.86. The molecule has 1 aliphatic carbocycles. The molecule has 2 fully saturated rings. The van der Waals surface area contributed by atoms with Crippen LogP contribution in [-0.2, 0) is 4.79 Å². The molecular weight excluding hydrogens is 226 g/mol. The molecule has 1 aromatic carbocycles. The second kappa shape index (κ2) is 4.30. The van der Waals surface area contributed by atoms with Crippen LogP contribution in [0.2, 0.25) is 0 Å². The summed E-state index contributed by atoms with van der Waals surface area (Å²) < 4.78 is 5.19. The summed E-state index contributed by atoms with van der Waals surface area (Å²) >= 11 is 0. The van der Waals surface area contributed by atoms with Crippen LogP contribution in [0.3, 0.4) is 0 Å². The van der Waals surface area contributed by atoms with Gasteiger partial charge in [0.2, 0.25) is 5.91 Å². The number of hydrogen-bond donors (Lipinski definition) is 1. The lowest BCUT2D eigenvalue weighted by Gasteiger charge is -2.28. The number of benzene rings is 1. The van der Waals surface area contributed by atoms with E-state index in [1.54, 1.807) is 7.11 Å². The number of carbonyl (C=O) groups excluding carboxylic acids is 1. The average Bonchev–Trinajstić information content (AvgIpc) is 3.01. The van der Waals surface area contributed by atoms with Crippen molar-refractivity contribution in [1.29, 1.82) is 0 Å². The van der Waals surface area contributed by atoms with E-state index in [0.717, 1.165) is 25.1 Å². The molecule has 1 N–H and O–H groups in total. The summed E-state index contributed by atoms with van der Waals surface area (Å²) in [7, 11) is 1.67. The van der Waals surface area contributed by atoms with Gasteiger partial charge in [-0.05, 0) is 30.5 Å². The van der Waals surface area contributed by atoms with Gasteiger partial charge < -0.3 is 10.1 Å². The normalized spacial score (nSPS) is 25.4. The van der Waals surface area contributed by atoms with Gasteiger partial charge in [-0.15, -0.1) is 0 Å². The fourth-order valence-electron chi connectivity index (χ4n) is 3.58. The van der Waals surface area contributed by atoms with Crippen molar-refractivity contribution in [3.63, 3.8) is 0 Å². The number of ether oxygens (including phenoxy) is 1. The van der Waals surface area contributed by atoms with E-state index in [0.29, 0.717) is 5.92 Å². The Kier molecular flexibility index (Phi) is 2.77. The number of rotatable bonds is 2. The molecule has 1 atom stereocenters. The third-order valence-corrected chi connectivity index (χ3v) is 4.60. The third kappa shape index (κ3) is 1.61. The van der Waals surface area contributed by atoms with Crippen molar-refractivity contribution < 1.29 is 9.53 Å². The molecule has 18 heavy (non-hydrogen) atoms. The first kappa shape index (κ1) is 11.6. The van der Waals surface area contributed by atoms with Crippen LogP contribution in [0.4, 0.5) is 0 Å². The summed E-state index contributed by atoms with van der Waals surface area (Å²) in [5, 5.41) is 3.06. The summed E-state index contributed by atoms with van der Waals surface area (Å²) in [6, 6.07) is 8.18. The highest BCUT2D eigenvalue weighted by Gasteiger charge is 2.51. The van der Waals surface area contributed by atoms with Gasteiger partial charge in [0.1, 0.15) is 5.75 Å². The van der Waals surface area contributed by atoms with Crippen molar-refractivity contribution in [2.75, 3.05) is 13.7 Å². The molecule has 1 aliphatic heterocycles. The fourth-order valence-corrected chi connectivity index (χ4v) is 3.58. The maximum atomic E-state index is 12.2. The minimum absolute atomic E-state index is 0.130. The van der Waals surface area contributed by atoms with Crippen molar-refractivity contribution in [2.24, 2.45) is 5.41 Å². The molecule has 0 aromatic heterocycles. The topological polar surface area (TPSA) is 38.3 Å². The Hall–Kier alpha value is -1.51. The van der Waals surface area contributed by atoms with E-state index in [-0.39, 0.29) is 11.3 Å². The lowest BCUT2D eigenvalue weighted by atomic mass is 9.73. The van der Waals surface area contributed by atoms with E-state index in [1.165, 1.54) is 18.4 Å². The maximum absolute atomic E-state index is 12.2. The molecule has 0 radical (unpaired) electrons. The van der Waals surface area contributed by atoms with Gasteiger partial charge in [0, 0.05) is 12.5 Å². The van der Waals surface area contributed by atoms with Crippen LogP contribution in [0.1, 0.15) is 37.2 Å². The van der Waals surface area contributed by atoms with Crippen LogP contribution in [0.5, 0.6) is 5.75 Å². The van der Waals surface area contributed by atoms with Crippen molar-refractivity contribution in [2.45, 2.75) is 31.6 Å². The lowest BCUT2D eigenvalue weighted by molar-refractivity contribution is -0.127. The number of carbonyl (C=O) groups is 1. The standard InChI is InChI=1S/C15H19NO2/c1-18-12-6-4-11(5-7-12)13-10-16-14(17)15(13)8-2-3-9-15/h4-7,13H,2-3,8-10H2,1H3,(H,16,17). The van der Waals surface area contributed by atoms with Gasteiger partial charge in [-0.1, -0.05) is 25.0 Å². The van der Waals surface area contributed by atoms with Crippen LogP contribution in [0.25, 0.3) is 0 Å². The average molecular weight is 245 g/mol. The van der Waals surface area contributed by atoms with Crippen molar-refractivity contribution in [1.82, 2.24) is 5.32 Å². The van der Waals surface area contributed by atoms with E-state index < -0.39 is 0 Å². The Bertz CT molecular complexity index is 446. The Morgan fingerprint density at radius 1 is 1.22 bits per heavy atom. The largest absolute Gasteiger partial charge is 0.497 e. The van der Waals surface area contributed by atoms with E-state index in [9.17, 15) is 4.79 Å². The second-order valence-corrected chi connectivity index (χ2v) is 5.40. The Labute approximate surface area is 108 Å². The fraction of sp³-hybridized carbons (Fsp3) is 0.533. The molecule has 1 amide bonds. The monoisotopic (exact) mass is 245 g/mol. The number of hydrogen-bond acceptors (Lipinski definition) is 2. The Morgan fingerprint density at radius 3 is 2.50 bits per heavy atom. The molecule has 1 aromatic rings. The first-order valence-corrected chi connectivity index (χ1v) is 6.68. The van der Waals surface area contributed by atoms with E-state index in [4.69, 9.17) is 4.74 Å². The molecular formula is C15H19NO2. The van der Waals surface area contributed by atoms with Crippen LogP contribution < -0.4 is 10.1 Å². The summed E-state index contributed by atoms with van der Waals surface area (Å²) in [4.78, 5) is 12.2. The van der Waals surface area contributed by atoms with Gasteiger partial charge >= 0.3 is 0 Å². The van der Waals surface area contributed by atoms with Crippen molar-refractivity contribution in [3.8, 4) is 5.75 Å². The molecule has 3 nitrogen and oxygen atoms in total. The van der Waals surface area contributed by atoms with E-state index in [2.05, 4.69) is 17.4 Å². The quantitative estimate of drug-likeness (QED) is 0.869. The third-order valence-electron chi connectivity index (χ3n) is 4.60. The molecule has 2 aliphatic rings. The molecule has 1 spiro atoms. The minimum Gasteiger partial charge on any atom is -0.497 e. The van der Waals surface area contributed by atoms with Gasteiger partial charge in [0.05, 0.1) is 12.5 Å². The minimum atomic E-state index is -0.130. The highest BCUT2D eigenvalue weighted by Crippen LogP contribution is 2.51. The molecule has 1 saturated carbocycles. The summed E-state index contributed by atoms with van der Waals surface area (Å²) in [5.41, 5.74) is 1.13. The summed E-state index contributed by atoms with van der Waals surface area (Å²) in [6.07, 6.45) is 4.44. The zero-order valence-electron chi connectivity index (χ0n) is 10.7. The SMILES string of the molecule is COc1ccc(C2CNC(=O)C23CCCC3)cc1. The molecule has 3 rings (SSSR count). The van der Waals surface area contributed by atoms with Gasteiger partial charge in [-0.25, -0.2) is 0 Å². The zero-order chi connectivity index (χ0) is 12.6. The van der Waals surface area contributed by atoms with E-state index >= 15 is 0 Å². The molecule has 1 unspecified atom stereocenters. The zero-order valence-corrected chi connectivity index (χ0v) is 10.7. The maximum Gasteiger partial charge on any atom is 0.226 e. The van der Waals surface area contributed by atoms with Crippen LogP contribution in [0.15, 0.2) is 24.3 Å². The van der Waals surface area contributed by atoms with Gasteiger partial charge in [-0.2, -0.15) is 0 Å². The number of methoxy groups -OCH3 is 1. The van der Waals surface area contributed by atoms with Crippen molar-refractivity contribution >= 4 is 5.91 Å². The van der Waals surface area contributed by atoms with Crippen LogP contribution in [-0.4, -0.2) is 19.6 Å². The van der Waals surface area contributed by atoms with Gasteiger partial charge in [0.15, 0.2) is 0 Å². The Balaban J connectivity index is 1.92. The first-order valence-electron chi connectivity index (χ1n) is 6.68.